The van der Waals surface area contributed by atoms with Crippen molar-refractivity contribution >= 4 is 29.9 Å². The molecule has 1 heterocycles. The number of piperidine rings is 1. The number of nitrogens with two attached hydrogens (primary N) is 1. The van der Waals surface area contributed by atoms with Crippen LogP contribution >= 0.6 is 24.0 Å². The summed E-state index contributed by atoms with van der Waals surface area (Å²) >= 11 is 0. The van der Waals surface area contributed by atoms with Gasteiger partial charge in [-0.1, -0.05) is 6.92 Å². The average Bonchev–Trinajstić information content (AvgIpc) is 2.38. The fourth-order valence-corrected chi connectivity index (χ4v) is 2.46. The number of guanidine groups is 1. The van der Waals surface area contributed by atoms with Gasteiger partial charge in [0, 0.05) is 26.2 Å². The number of rotatable bonds is 5. The van der Waals surface area contributed by atoms with Crippen molar-refractivity contribution in [3.8, 4) is 0 Å². The summed E-state index contributed by atoms with van der Waals surface area (Å²) in [5.74, 6) is 1.40. The van der Waals surface area contributed by atoms with Gasteiger partial charge in [-0.05, 0) is 45.7 Å². The number of hydrogen-bond donors (Lipinski definition) is 1. The number of halogens is 1. The zero-order valence-electron chi connectivity index (χ0n) is 12.1. The zero-order valence-corrected chi connectivity index (χ0v) is 14.4. The molecule has 1 atom stereocenters. The van der Waals surface area contributed by atoms with Gasteiger partial charge in [0.15, 0.2) is 5.96 Å². The highest BCUT2D eigenvalue weighted by Gasteiger charge is 2.18. The molecule has 5 heteroatoms. The van der Waals surface area contributed by atoms with Gasteiger partial charge < -0.3 is 15.5 Å². The molecule has 0 amide bonds. The van der Waals surface area contributed by atoms with Gasteiger partial charge in [-0.2, -0.15) is 0 Å². The Labute approximate surface area is 129 Å². The summed E-state index contributed by atoms with van der Waals surface area (Å²) < 4.78 is 0. The molecule has 0 radical (unpaired) electrons. The molecule has 0 aromatic carbocycles. The van der Waals surface area contributed by atoms with Crippen LogP contribution in [0.2, 0.25) is 0 Å². The van der Waals surface area contributed by atoms with Crippen LogP contribution in [0.1, 0.15) is 33.6 Å². The molecule has 108 valence electrons. The summed E-state index contributed by atoms with van der Waals surface area (Å²) in [6, 6.07) is 0. The minimum absolute atomic E-state index is 0. The maximum Gasteiger partial charge on any atom is 0.191 e. The van der Waals surface area contributed by atoms with E-state index in [0.717, 1.165) is 26.2 Å². The van der Waals surface area contributed by atoms with Crippen LogP contribution in [0.15, 0.2) is 4.99 Å². The van der Waals surface area contributed by atoms with Crippen molar-refractivity contribution in [3.05, 3.63) is 0 Å². The first-order valence-electron chi connectivity index (χ1n) is 6.98. The Hall–Kier alpha value is -0.0400. The lowest BCUT2D eigenvalue weighted by molar-refractivity contribution is 0.186. The van der Waals surface area contributed by atoms with E-state index >= 15 is 0 Å². The molecule has 1 fully saturated rings. The molecule has 0 bridgehead atoms. The maximum absolute atomic E-state index is 5.99. The molecule has 1 saturated heterocycles. The average molecular weight is 368 g/mol. The Morgan fingerprint density at radius 1 is 1.33 bits per heavy atom. The van der Waals surface area contributed by atoms with Crippen LogP contribution in [0.4, 0.5) is 0 Å². The van der Waals surface area contributed by atoms with Crippen LogP contribution in [-0.4, -0.2) is 55.0 Å². The van der Waals surface area contributed by atoms with Crippen molar-refractivity contribution in [1.82, 2.24) is 9.80 Å². The first kappa shape index (κ1) is 18.0. The fourth-order valence-electron chi connectivity index (χ4n) is 2.46. The molecule has 4 nitrogen and oxygen atoms in total. The number of hydrogen-bond acceptors (Lipinski definition) is 2. The lowest BCUT2D eigenvalue weighted by atomic mass is 9.98. The van der Waals surface area contributed by atoms with Gasteiger partial charge in [0.05, 0.1) is 0 Å². The predicted molar refractivity (Wildman–Crippen MR) is 89.7 cm³/mol. The van der Waals surface area contributed by atoms with Gasteiger partial charge in [-0.3, -0.25) is 4.99 Å². The number of nitrogens with zero attached hydrogens (tertiary/aromatic N) is 3. The van der Waals surface area contributed by atoms with Crippen LogP contribution in [0.3, 0.4) is 0 Å². The quantitative estimate of drug-likeness (QED) is 0.459. The topological polar surface area (TPSA) is 44.9 Å². The van der Waals surface area contributed by atoms with Crippen molar-refractivity contribution in [3.63, 3.8) is 0 Å². The Bertz CT molecular complexity index is 241. The third-order valence-electron chi connectivity index (χ3n) is 3.65. The van der Waals surface area contributed by atoms with E-state index in [4.69, 9.17) is 5.73 Å². The third kappa shape index (κ3) is 5.73. The normalized spacial score (nSPS) is 21.5. The summed E-state index contributed by atoms with van der Waals surface area (Å²) in [6.07, 6.45) is 2.60. The predicted octanol–water partition coefficient (Wildman–Crippen LogP) is 1.99. The highest BCUT2D eigenvalue weighted by atomic mass is 127. The zero-order chi connectivity index (χ0) is 12.7. The lowest BCUT2D eigenvalue weighted by Crippen LogP contribution is -2.39. The molecule has 1 unspecified atom stereocenters. The number of aliphatic imine (C=N–C) groups is 1. The van der Waals surface area contributed by atoms with Crippen LogP contribution in [0.25, 0.3) is 0 Å². The van der Waals surface area contributed by atoms with Gasteiger partial charge in [0.25, 0.3) is 0 Å². The molecule has 1 aliphatic heterocycles. The van der Waals surface area contributed by atoms with Crippen LogP contribution in [-0.2, 0) is 0 Å². The Balaban J connectivity index is 0.00000289. The van der Waals surface area contributed by atoms with E-state index in [9.17, 15) is 0 Å². The first-order chi connectivity index (χ1) is 8.21. The second-order valence-electron chi connectivity index (χ2n) is 4.77. The van der Waals surface area contributed by atoms with Gasteiger partial charge >= 0.3 is 0 Å². The van der Waals surface area contributed by atoms with Crippen molar-refractivity contribution in [2.24, 2.45) is 16.6 Å². The summed E-state index contributed by atoms with van der Waals surface area (Å²) in [5, 5.41) is 0. The van der Waals surface area contributed by atoms with E-state index in [1.54, 1.807) is 0 Å². The van der Waals surface area contributed by atoms with Crippen LogP contribution in [0.5, 0.6) is 0 Å². The highest BCUT2D eigenvalue weighted by Crippen LogP contribution is 2.16. The van der Waals surface area contributed by atoms with E-state index in [1.807, 2.05) is 0 Å². The van der Waals surface area contributed by atoms with Crippen LogP contribution < -0.4 is 5.73 Å². The molecule has 1 aliphatic rings. The molecule has 2 N–H and O–H groups in total. The second-order valence-corrected chi connectivity index (χ2v) is 4.77. The van der Waals surface area contributed by atoms with Crippen molar-refractivity contribution in [2.45, 2.75) is 33.6 Å². The first-order valence-corrected chi connectivity index (χ1v) is 6.98. The summed E-state index contributed by atoms with van der Waals surface area (Å²) in [7, 11) is 0. The van der Waals surface area contributed by atoms with Gasteiger partial charge in [0.1, 0.15) is 0 Å². The maximum atomic E-state index is 5.99. The largest absolute Gasteiger partial charge is 0.370 e. The van der Waals surface area contributed by atoms with E-state index in [1.165, 1.54) is 25.9 Å². The Kier molecular flexibility index (Phi) is 9.81. The minimum Gasteiger partial charge on any atom is -0.370 e. The van der Waals surface area contributed by atoms with E-state index in [-0.39, 0.29) is 24.0 Å². The summed E-state index contributed by atoms with van der Waals surface area (Å²) in [5.41, 5.74) is 5.99. The lowest BCUT2D eigenvalue weighted by Gasteiger charge is -2.31. The van der Waals surface area contributed by atoms with Crippen molar-refractivity contribution in [2.75, 3.05) is 39.3 Å². The van der Waals surface area contributed by atoms with Gasteiger partial charge in [-0.15, -0.1) is 24.0 Å². The van der Waals surface area contributed by atoms with E-state index in [0.29, 0.717) is 11.9 Å². The number of likely N-dealkylation sites (tertiary alicyclic amines) is 1. The third-order valence-corrected chi connectivity index (χ3v) is 3.65. The van der Waals surface area contributed by atoms with Gasteiger partial charge in [0.2, 0.25) is 0 Å². The fraction of sp³-hybridized carbons (Fsp3) is 0.923. The molecule has 18 heavy (non-hydrogen) atoms. The monoisotopic (exact) mass is 368 g/mol. The molecule has 1 rings (SSSR count). The molecule has 0 aliphatic carbocycles. The summed E-state index contributed by atoms with van der Waals surface area (Å²) in [6.45, 7) is 12.8. The standard InChI is InChI=1S/C13H28N4.HI/c1-4-16-9-7-8-12(11-16)10-15-13(14)17(5-2)6-3;/h12H,4-11H2,1-3H3,(H2,14,15);1H. The Morgan fingerprint density at radius 3 is 2.56 bits per heavy atom. The smallest absolute Gasteiger partial charge is 0.191 e. The Morgan fingerprint density at radius 2 is 2.00 bits per heavy atom. The van der Waals surface area contributed by atoms with Gasteiger partial charge in [-0.25, -0.2) is 0 Å². The van der Waals surface area contributed by atoms with E-state index < -0.39 is 0 Å². The molecule has 0 aromatic rings. The van der Waals surface area contributed by atoms with E-state index in [2.05, 4.69) is 35.6 Å². The molecular formula is C13H29IN4. The second kappa shape index (κ2) is 9.83. The van der Waals surface area contributed by atoms with Crippen LogP contribution in [0, 0.1) is 5.92 Å². The molecule has 0 aromatic heterocycles. The van der Waals surface area contributed by atoms with Crippen molar-refractivity contribution < 1.29 is 0 Å². The minimum atomic E-state index is 0. The SMILES string of the molecule is CCN1CCCC(CN=C(N)N(CC)CC)C1.I. The highest BCUT2D eigenvalue weighted by molar-refractivity contribution is 14.0. The molecular weight excluding hydrogens is 339 g/mol. The van der Waals surface area contributed by atoms with Crippen molar-refractivity contribution in [1.29, 1.82) is 0 Å². The molecule has 0 spiro atoms. The summed E-state index contributed by atoms with van der Waals surface area (Å²) in [4.78, 5) is 9.17. The molecule has 0 saturated carbocycles.